The van der Waals surface area contributed by atoms with Crippen LogP contribution in [0.4, 0.5) is 4.39 Å². The number of halogens is 3. The first kappa shape index (κ1) is 15.1. The van der Waals surface area contributed by atoms with E-state index in [2.05, 4.69) is 0 Å². The van der Waals surface area contributed by atoms with E-state index < -0.39 is 11.9 Å². The largest absolute Gasteiger partial charge is 0.481 e. The third-order valence-electron chi connectivity index (χ3n) is 2.82. The first-order valence-corrected chi connectivity index (χ1v) is 6.86. The molecule has 0 aliphatic rings. The highest BCUT2D eigenvalue weighted by Crippen LogP contribution is 2.30. The van der Waals surface area contributed by atoms with Crippen LogP contribution in [0.15, 0.2) is 42.5 Å². The molecule has 0 spiro atoms. The maximum atomic E-state index is 13.9. The molecule has 2 unspecified atom stereocenters. The summed E-state index contributed by atoms with van der Waals surface area (Å²) in [5.74, 6) is -0.526. The van der Waals surface area contributed by atoms with Gasteiger partial charge in [0.1, 0.15) is 6.10 Å². The number of benzene rings is 2. The van der Waals surface area contributed by atoms with Crippen molar-refractivity contribution in [3.8, 4) is 5.75 Å². The number of nitrogens with two attached hydrogens (primary N) is 1. The van der Waals surface area contributed by atoms with E-state index in [1.807, 2.05) is 6.07 Å². The highest BCUT2D eigenvalue weighted by Gasteiger charge is 2.20. The van der Waals surface area contributed by atoms with Gasteiger partial charge in [0.05, 0.1) is 5.02 Å². The molecule has 0 fully saturated rings. The van der Waals surface area contributed by atoms with E-state index in [0.29, 0.717) is 5.02 Å². The molecule has 0 bridgehead atoms. The normalized spacial score (nSPS) is 13.8. The van der Waals surface area contributed by atoms with E-state index >= 15 is 0 Å². The Kier molecular flexibility index (Phi) is 4.86. The average molecular weight is 314 g/mol. The second-order valence-electron chi connectivity index (χ2n) is 4.50. The Balaban J connectivity index is 2.33. The van der Waals surface area contributed by atoms with Crippen molar-refractivity contribution in [1.82, 2.24) is 0 Å². The van der Waals surface area contributed by atoms with Crippen molar-refractivity contribution < 1.29 is 9.13 Å². The van der Waals surface area contributed by atoms with Gasteiger partial charge in [0.15, 0.2) is 11.6 Å². The maximum absolute atomic E-state index is 13.9. The van der Waals surface area contributed by atoms with Gasteiger partial charge in [-0.2, -0.15) is 0 Å². The van der Waals surface area contributed by atoms with Crippen LogP contribution in [0.1, 0.15) is 18.6 Å². The Morgan fingerprint density at radius 3 is 2.50 bits per heavy atom. The molecule has 2 N–H and O–H groups in total. The summed E-state index contributed by atoms with van der Waals surface area (Å²) in [5, 5.41) is 0.584. The Morgan fingerprint density at radius 2 is 1.85 bits per heavy atom. The van der Waals surface area contributed by atoms with Crippen LogP contribution in [0.3, 0.4) is 0 Å². The van der Waals surface area contributed by atoms with E-state index in [0.717, 1.165) is 5.56 Å². The summed E-state index contributed by atoms with van der Waals surface area (Å²) in [5.41, 5.74) is 6.72. The van der Waals surface area contributed by atoms with Crippen LogP contribution in [0.5, 0.6) is 5.75 Å². The summed E-state index contributed by atoms with van der Waals surface area (Å²) in [6.45, 7) is 1.79. The van der Waals surface area contributed by atoms with Crippen molar-refractivity contribution in [2.75, 3.05) is 0 Å². The molecule has 0 heterocycles. The molecule has 5 heteroatoms. The quantitative estimate of drug-likeness (QED) is 0.895. The standard InChI is InChI=1S/C15H14Cl2FNO/c1-9(19)15(10-4-2-5-11(16)8-10)20-13-7-3-6-12(17)14(13)18/h2-9,15H,19H2,1H3. The lowest BCUT2D eigenvalue weighted by Crippen LogP contribution is -2.29. The molecule has 106 valence electrons. The molecule has 2 aromatic carbocycles. The van der Waals surface area contributed by atoms with Crippen molar-refractivity contribution in [3.05, 3.63) is 63.9 Å². The molecule has 2 nitrogen and oxygen atoms in total. The smallest absolute Gasteiger partial charge is 0.183 e. The average Bonchev–Trinajstić information content (AvgIpc) is 2.40. The fourth-order valence-electron chi connectivity index (χ4n) is 1.87. The van der Waals surface area contributed by atoms with Crippen LogP contribution in [0, 0.1) is 5.82 Å². The second-order valence-corrected chi connectivity index (χ2v) is 5.35. The predicted molar refractivity (Wildman–Crippen MR) is 79.9 cm³/mol. The highest BCUT2D eigenvalue weighted by molar-refractivity contribution is 6.31. The van der Waals surface area contributed by atoms with Crippen LogP contribution in [-0.4, -0.2) is 6.04 Å². The third-order valence-corrected chi connectivity index (χ3v) is 3.35. The summed E-state index contributed by atoms with van der Waals surface area (Å²) in [6.07, 6.45) is -0.512. The predicted octanol–water partition coefficient (Wildman–Crippen LogP) is 4.60. The van der Waals surface area contributed by atoms with Crippen LogP contribution in [0.25, 0.3) is 0 Å². The first-order valence-electron chi connectivity index (χ1n) is 6.10. The fourth-order valence-corrected chi connectivity index (χ4v) is 2.24. The van der Waals surface area contributed by atoms with Crippen LogP contribution in [-0.2, 0) is 0 Å². The lowest BCUT2D eigenvalue weighted by molar-refractivity contribution is 0.172. The van der Waals surface area contributed by atoms with E-state index in [-0.39, 0.29) is 16.8 Å². The summed E-state index contributed by atoms with van der Waals surface area (Å²) in [4.78, 5) is 0. The number of rotatable bonds is 4. The van der Waals surface area contributed by atoms with E-state index in [9.17, 15) is 4.39 Å². The van der Waals surface area contributed by atoms with Gasteiger partial charge < -0.3 is 10.5 Å². The van der Waals surface area contributed by atoms with Gasteiger partial charge in [0.2, 0.25) is 0 Å². The van der Waals surface area contributed by atoms with E-state index in [1.54, 1.807) is 31.2 Å². The first-order chi connectivity index (χ1) is 9.49. The fraction of sp³-hybridized carbons (Fsp3) is 0.200. The summed E-state index contributed by atoms with van der Waals surface area (Å²) in [7, 11) is 0. The topological polar surface area (TPSA) is 35.2 Å². The SMILES string of the molecule is CC(N)C(Oc1cccc(Cl)c1F)c1cccc(Cl)c1. The van der Waals surface area contributed by atoms with Gasteiger partial charge in [-0.15, -0.1) is 0 Å². The molecular weight excluding hydrogens is 300 g/mol. The molecule has 0 amide bonds. The Hall–Kier alpha value is -1.29. The van der Waals surface area contributed by atoms with Gasteiger partial charge in [0.25, 0.3) is 0 Å². The van der Waals surface area contributed by atoms with Crippen molar-refractivity contribution in [3.63, 3.8) is 0 Å². The van der Waals surface area contributed by atoms with Crippen molar-refractivity contribution in [1.29, 1.82) is 0 Å². The minimum absolute atomic E-state index is 0.0111. The Bertz CT molecular complexity index is 604. The van der Waals surface area contributed by atoms with Gasteiger partial charge in [-0.1, -0.05) is 41.4 Å². The molecule has 20 heavy (non-hydrogen) atoms. The highest BCUT2D eigenvalue weighted by atomic mass is 35.5. The second kappa shape index (κ2) is 6.44. The van der Waals surface area contributed by atoms with Crippen LogP contribution in [0.2, 0.25) is 10.0 Å². The van der Waals surface area contributed by atoms with Crippen molar-refractivity contribution in [2.45, 2.75) is 19.1 Å². The summed E-state index contributed by atoms with van der Waals surface area (Å²) < 4.78 is 19.6. The molecule has 2 rings (SSSR count). The molecule has 0 aliphatic carbocycles. The monoisotopic (exact) mass is 313 g/mol. The lowest BCUT2D eigenvalue weighted by atomic mass is 10.0. The Morgan fingerprint density at radius 1 is 1.15 bits per heavy atom. The molecule has 0 saturated carbocycles. The third kappa shape index (κ3) is 3.42. The number of hydrogen-bond acceptors (Lipinski definition) is 2. The van der Waals surface area contributed by atoms with Gasteiger partial charge in [-0.3, -0.25) is 0 Å². The summed E-state index contributed by atoms with van der Waals surface area (Å²) >= 11 is 11.7. The van der Waals surface area contributed by atoms with Gasteiger partial charge in [-0.25, -0.2) is 4.39 Å². The van der Waals surface area contributed by atoms with E-state index in [4.69, 9.17) is 33.7 Å². The lowest BCUT2D eigenvalue weighted by Gasteiger charge is -2.23. The van der Waals surface area contributed by atoms with Gasteiger partial charge in [-0.05, 0) is 36.8 Å². The zero-order valence-electron chi connectivity index (χ0n) is 10.8. The zero-order chi connectivity index (χ0) is 14.7. The van der Waals surface area contributed by atoms with Gasteiger partial charge in [0, 0.05) is 11.1 Å². The zero-order valence-corrected chi connectivity index (χ0v) is 12.3. The molecule has 0 saturated heterocycles. The van der Waals surface area contributed by atoms with Crippen molar-refractivity contribution >= 4 is 23.2 Å². The van der Waals surface area contributed by atoms with Crippen molar-refractivity contribution in [2.24, 2.45) is 5.73 Å². The number of ether oxygens (including phenoxy) is 1. The maximum Gasteiger partial charge on any atom is 0.183 e. The molecule has 2 atom stereocenters. The van der Waals surface area contributed by atoms with Crippen LogP contribution >= 0.6 is 23.2 Å². The van der Waals surface area contributed by atoms with Gasteiger partial charge >= 0.3 is 0 Å². The minimum atomic E-state index is -0.596. The summed E-state index contributed by atoms with van der Waals surface area (Å²) in [6, 6.07) is 11.4. The minimum Gasteiger partial charge on any atom is -0.481 e. The molecule has 0 aliphatic heterocycles. The van der Waals surface area contributed by atoms with Crippen LogP contribution < -0.4 is 10.5 Å². The molecule has 0 radical (unpaired) electrons. The Labute approximate surface area is 127 Å². The van der Waals surface area contributed by atoms with E-state index in [1.165, 1.54) is 12.1 Å². The molecular formula is C15H14Cl2FNO. The molecule has 2 aromatic rings. The molecule has 0 aromatic heterocycles. The number of hydrogen-bond donors (Lipinski definition) is 1.